The van der Waals surface area contributed by atoms with Crippen molar-refractivity contribution < 1.29 is 0 Å². The van der Waals surface area contributed by atoms with Gasteiger partial charge in [-0.25, -0.2) is 4.98 Å². The van der Waals surface area contributed by atoms with Gasteiger partial charge in [0.15, 0.2) is 0 Å². The highest BCUT2D eigenvalue weighted by atomic mass is 15.2. The monoisotopic (exact) mass is 517 g/mol. The smallest absolute Gasteiger partial charge is 0.137 e. The first-order valence-corrected chi connectivity index (χ1v) is 13.8. The van der Waals surface area contributed by atoms with E-state index in [0.29, 0.717) is 0 Å². The van der Waals surface area contributed by atoms with Gasteiger partial charge in [0.1, 0.15) is 5.82 Å². The number of fused-ring (bicyclic) bond motifs is 4. The van der Waals surface area contributed by atoms with Crippen LogP contribution in [0.3, 0.4) is 0 Å². The summed E-state index contributed by atoms with van der Waals surface area (Å²) in [7, 11) is 0. The highest BCUT2D eigenvalue weighted by molar-refractivity contribution is 5.95. The standard InChI is InChI=1S/C37H31N3/c1-3-10-34-35-14-6-5-13-33(35)30-17-16-29(25-27(4-2)36(34)26-30)28-11-9-12-31(19-18-28)40(32-20-23-38-24-21-32)37-15-7-8-22-39-37/h4-10,12-24H,2-3,25-26H2,1H3/b29-16+,30-17+,34-10-,36-27+. The molecule has 0 saturated carbocycles. The van der Waals surface area contributed by atoms with E-state index in [2.05, 4.69) is 94.8 Å². The number of pyridine rings is 2. The zero-order valence-corrected chi connectivity index (χ0v) is 22.7. The molecule has 3 aliphatic carbocycles. The third-order valence-electron chi connectivity index (χ3n) is 7.48. The van der Waals surface area contributed by atoms with E-state index in [1.165, 1.54) is 39.0 Å². The van der Waals surface area contributed by atoms with E-state index < -0.39 is 0 Å². The molecule has 2 bridgehead atoms. The third-order valence-corrected chi connectivity index (χ3v) is 7.48. The van der Waals surface area contributed by atoms with E-state index in [9.17, 15) is 0 Å². The van der Waals surface area contributed by atoms with E-state index in [1.807, 2.05) is 48.7 Å². The Balaban J connectivity index is 1.40. The molecule has 0 atom stereocenters. The van der Waals surface area contributed by atoms with Gasteiger partial charge in [-0.05, 0) is 107 Å². The summed E-state index contributed by atoms with van der Waals surface area (Å²) in [6.45, 7) is 6.45. The van der Waals surface area contributed by atoms with Crippen molar-refractivity contribution in [2.75, 3.05) is 4.90 Å². The lowest BCUT2D eigenvalue weighted by atomic mass is 9.75. The molecule has 0 saturated heterocycles. The Bertz CT molecular complexity index is 1660. The summed E-state index contributed by atoms with van der Waals surface area (Å²) in [6, 6.07) is 18.7. The van der Waals surface area contributed by atoms with Gasteiger partial charge in [-0.2, -0.15) is 0 Å². The first-order valence-electron chi connectivity index (χ1n) is 13.8. The van der Waals surface area contributed by atoms with Crippen molar-refractivity contribution in [2.24, 2.45) is 0 Å². The lowest BCUT2D eigenvalue weighted by molar-refractivity contribution is 1.09. The van der Waals surface area contributed by atoms with Gasteiger partial charge >= 0.3 is 0 Å². The molecule has 0 N–H and O–H groups in total. The second-order valence-corrected chi connectivity index (χ2v) is 9.90. The third kappa shape index (κ3) is 4.91. The average Bonchev–Trinajstić information content (AvgIpc) is 3.24. The molecule has 0 amide bonds. The van der Waals surface area contributed by atoms with Crippen molar-refractivity contribution in [1.29, 1.82) is 0 Å². The normalized spacial score (nSPS) is 21.5. The Kier molecular flexibility index (Phi) is 7.22. The highest BCUT2D eigenvalue weighted by Gasteiger charge is 2.25. The van der Waals surface area contributed by atoms with Crippen molar-refractivity contribution in [2.45, 2.75) is 26.2 Å². The molecule has 0 aliphatic heterocycles. The molecule has 194 valence electrons. The maximum atomic E-state index is 4.64. The molecule has 0 radical (unpaired) electrons. The number of rotatable bonds is 6. The van der Waals surface area contributed by atoms with Crippen LogP contribution >= 0.6 is 0 Å². The van der Waals surface area contributed by atoms with Gasteiger partial charge in [0.25, 0.3) is 0 Å². The fraction of sp³-hybridized carbons (Fsp3) is 0.108. The van der Waals surface area contributed by atoms with Crippen molar-refractivity contribution in [3.8, 4) is 0 Å². The van der Waals surface area contributed by atoms with Crippen molar-refractivity contribution in [1.82, 2.24) is 9.97 Å². The largest absolute Gasteiger partial charge is 0.295 e. The molecule has 0 unspecified atom stereocenters. The van der Waals surface area contributed by atoms with E-state index in [4.69, 9.17) is 0 Å². The fourth-order valence-electron chi connectivity index (χ4n) is 5.60. The second kappa shape index (κ2) is 11.4. The van der Waals surface area contributed by atoms with Gasteiger partial charge in [0, 0.05) is 29.9 Å². The number of anilines is 2. The Morgan fingerprint density at radius 3 is 2.45 bits per heavy atom. The molecular weight excluding hydrogens is 486 g/mol. The molecule has 3 nitrogen and oxygen atoms in total. The number of nitrogens with zero attached hydrogens (tertiary/aromatic N) is 3. The lowest BCUT2D eigenvalue weighted by Gasteiger charge is -2.28. The van der Waals surface area contributed by atoms with Crippen molar-refractivity contribution in [3.63, 3.8) is 0 Å². The number of benzene rings is 1. The van der Waals surface area contributed by atoms with Crippen LogP contribution in [-0.4, -0.2) is 9.97 Å². The topological polar surface area (TPSA) is 29.0 Å². The summed E-state index contributed by atoms with van der Waals surface area (Å²) >= 11 is 0. The molecule has 40 heavy (non-hydrogen) atoms. The van der Waals surface area contributed by atoms with Crippen LogP contribution in [-0.2, 0) is 0 Å². The lowest BCUT2D eigenvalue weighted by Crippen LogP contribution is -2.16. The predicted molar refractivity (Wildman–Crippen MR) is 167 cm³/mol. The van der Waals surface area contributed by atoms with Gasteiger partial charge in [-0.15, -0.1) is 5.73 Å². The van der Waals surface area contributed by atoms with Crippen LogP contribution in [0.25, 0.3) is 11.1 Å². The van der Waals surface area contributed by atoms with Crippen LogP contribution < -0.4 is 4.90 Å². The van der Waals surface area contributed by atoms with E-state index >= 15 is 0 Å². The zero-order valence-electron chi connectivity index (χ0n) is 22.7. The zero-order chi connectivity index (χ0) is 27.3. The van der Waals surface area contributed by atoms with Crippen molar-refractivity contribution in [3.05, 3.63) is 173 Å². The highest BCUT2D eigenvalue weighted by Crippen LogP contribution is 2.45. The molecule has 2 aromatic heterocycles. The first-order chi connectivity index (χ1) is 19.8. The minimum Gasteiger partial charge on any atom is -0.295 e. The number of allylic oxidation sites excluding steroid dienone is 13. The minimum absolute atomic E-state index is 0.802. The minimum atomic E-state index is 0.802. The SMILES string of the molecule is C=C/C1=C2/C/C(=C\C=C(\C3=C=CC=C(N(c4ccncc4)c4ccccn4)C=C3)C1)c1ccccc1/C2=C/CC. The summed E-state index contributed by atoms with van der Waals surface area (Å²) in [5.74, 6) is 0.844. The van der Waals surface area contributed by atoms with Crippen LogP contribution in [0.4, 0.5) is 11.5 Å². The number of hydrogen-bond donors (Lipinski definition) is 0. The molecule has 1 aromatic carbocycles. The summed E-state index contributed by atoms with van der Waals surface area (Å²) in [5.41, 5.74) is 15.8. The molecule has 6 rings (SSSR count). The molecule has 0 spiro atoms. The van der Waals surface area contributed by atoms with Gasteiger partial charge in [-0.3, -0.25) is 9.88 Å². The Hall–Kier alpha value is -4.98. The molecule has 3 aromatic rings. The number of hydrogen-bond acceptors (Lipinski definition) is 3. The maximum Gasteiger partial charge on any atom is 0.137 e. The number of aromatic nitrogens is 2. The van der Waals surface area contributed by atoms with Crippen LogP contribution in [0, 0.1) is 0 Å². The summed E-state index contributed by atoms with van der Waals surface area (Å²) in [6.07, 6.45) is 25.5. The van der Waals surface area contributed by atoms with Gasteiger partial charge in [-0.1, -0.05) is 68.1 Å². The summed E-state index contributed by atoms with van der Waals surface area (Å²) in [5, 5.41) is 0. The molecule has 0 fully saturated rings. The average molecular weight is 518 g/mol. The maximum absolute atomic E-state index is 4.64. The van der Waals surface area contributed by atoms with Crippen molar-refractivity contribution >= 4 is 22.7 Å². The molecule has 3 heteroatoms. The second-order valence-electron chi connectivity index (χ2n) is 9.90. The quantitative estimate of drug-likeness (QED) is 0.305. The van der Waals surface area contributed by atoms with Crippen LogP contribution in [0.15, 0.2) is 162 Å². The van der Waals surface area contributed by atoms with E-state index in [-0.39, 0.29) is 0 Å². The Morgan fingerprint density at radius 1 is 0.875 bits per heavy atom. The van der Waals surface area contributed by atoms with Crippen LogP contribution in [0.5, 0.6) is 0 Å². The Morgan fingerprint density at radius 2 is 1.68 bits per heavy atom. The van der Waals surface area contributed by atoms with Crippen LogP contribution in [0.2, 0.25) is 0 Å². The van der Waals surface area contributed by atoms with Gasteiger partial charge in [0.2, 0.25) is 0 Å². The molecule has 3 aliphatic rings. The first kappa shape index (κ1) is 25.3. The van der Waals surface area contributed by atoms with Gasteiger partial charge in [0.05, 0.1) is 5.69 Å². The molecular formula is C37H31N3. The van der Waals surface area contributed by atoms with Gasteiger partial charge < -0.3 is 0 Å². The predicted octanol–water partition coefficient (Wildman–Crippen LogP) is 9.24. The fourth-order valence-corrected chi connectivity index (χ4v) is 5.60. The summed E-state index contributed by atoms with van der Waals surface area (Å²) < 4.78 is 0. The summed E-state index contributed by atoms with van der Waals surface area (Å²) in [4.78, 5) is 11.0. The Labute approximate surface area is 236 Å². The van der Waals surface area contributed by atoms with E-state index in [0.717, 1.165) is 42.0 Å². The van der Waals surface area contributed by atoms with E-state index in [1.54, 1.807) is 12.4 Å². The molecule has 2 heterocycles. The van der Waals surface area contributed by atoms with Crippen LogP contribution in [0.1, 0.15) is 37.3 Å².